The molecule has 19 heavy (non-hydrogen) atoms. The number of rotatable bonds is 2. The Hall–Kier alpha value is -1.04. The maximum Gasteiger partial charge on any atom is 0.152 e. The van der Waals surface area contributed by atoms with Crippen LogP contribution in [0.4, 0.5) is 5.82 Å². The molecule has 0 bridgehead atoms. The molecule has 1 aliphatic heterocycles. The zero-order chi connectivity index (χ0) is 14.0. The van der Waals surface area contributed by atoms with Crippen molar-refractivity contribution in [1.82, 2.24) is 9.78 Å². The van der Waals surface area contributed by atoms with Gasteiger partial charge in [-0.2, -0.15) is 5.10 Å². The molecule has 0 spiro atoms. The molecule has 2 atom stereocenters. The molecule has 2 heterocycles. The third-order valence-electron chi connectivity index (χ3n) is 4.63. The minimum atomic E-state index is -2.91. The largest absolute Gasteiger partial charge is 0.384 e. The normalized spacial score (nSPS) is 31.5. The first-order valence-corrected chi connectivity index (χ1v) is 8.58. The summed E-state index contributed by atoms with van der Waals surface area (Å²) in [7, 11) is -2.91. The average Bonchev–Trinajstić information content (AvgIpc) is 2.63. The Kier molecular flexibility index (Phi) is 2.56. The zero-order valence-electron chi connectivity index (χ0n) is 11.7. The van der Waals surface area contributed by atoms with Gasteiger partial charge in [-0.25, -0.2) is 13.1 Å². The van der Waals surface area contributed by atoms with Crippen molar-refractivity contribution in [1.29, 1.82) is 0 Å². The standard InChI is InChI=1S/C13H21N3O2S/c1-8-11(10-6-13(10,2)3)15-16(12(8)14)9-4-5-19(17,18)7-9/h9-10H,4-7,14H2,1-3H3. The lowest BCUT2D eigenvalue weighted by molar-refractivity contribution is 0.498. The molecule has 2 aliphatic rings. The second-order valence-electron chi connectivity index (χ2n) is 6.64. The number of hydrogen-bond donors (Lipinski definition) is 1. The quantitative estimate of drug-likeness (QED) is 0.895. The van der Waals surface area contributed by atoms with Crippen LogP contribution < -0.4 is 5.73 Å². The van der Waals surface area contributed by atoms with Crippen molar-refractivity contribution >= 4 is 15.7 Å². The van der Waals surface area contributed by atoms with Gasteiger partial charge < -0.3 is 5.73 Å². The molecule has 0 radical (unpaired) electrons. The summed E-state index contributed by atoms with van der Waals surface area (Å²) in [6.45, 7) is 6.45. The maximum absolute atomic E-state index is 11.6. The second kappa shape index (κ2) is 3.75. The van der Waals surface area contributed by atoms with E-state index >= 15 is 0 Å². The van der Waals surface area contributed by atoms with Crippen molar-refractivity contribution < 1.29 is 8.42 Å². The molecule has 1 saturated carbocycles. The van der Waals surface area contributed by atoms with Crippen LogP contribution in [-0.4, -0.2) is 29.7 Å². The number of sulfone groups is 1. The van der Waals surface area contributed by atoms with Crippen LogP contribution in [0, 0.1) is 12.3 Å². The van der Waals surface area contributed by atoms with E-state index in [1.807, 2.05) is 6.92 Å². The molecule has 2 N–H and O–H groups in total. The number of nitrogens with zero attached hydrogens (tertiary/aromatic N) is 2. The Morgan fingerprint density at radius 1 is 1.42 bits per heavy atom. The third kappa shape index (κ3) is 2.06. The van der Waals surface area contributed by atoms with E-state index in [-0.39, 0.29) is 17.5 Å². The summed E-state index contributed by atoms with van der Waals surface area (Å²) in [5.74, 6) is 1.53. The van der Waals surface area contributed by atoms with Crippen molar-refractivity contribution in [2.45, 2.75) is 45.6 Å². The van der Waals surface area contributed by atoms with Crippen LogP contribution in [0.3, 0.4) is 0 Å². The number of anilines is 1. The molecular weight excluding hydrogens is 262 g/mol. The molecule has 106 valence electrons. The predicted molar refractivity (Wildman–Crippen MR) is 74.8 cm³/mol. The van der Waals surface area contributed by atoms with Gasteiger partial charge in [-0.3, -0.25) is 0 Å². The highest BCUT2D eigenvalue weighted by molar-refractivity contribution is 7.91. The predicted octanol–water partition coefficient (Wildman–Crippen LogP) is 1.65. The molecule has 3 rings (SSSR count). The summed E-state index contributed by atoms with van der Waals surface area (Å²) in [5, 5.41) is 4.64. The SMILES string of the molecule is Cc1c(C2CC2(C)C)nn(C2CCS(=O)(=O)C2)c1N. The highest BCUT2D eigenvalue weighted by Crippen LogP contribution is 2.59. The third-order valence-corrected chi connectivity index (χ3v) is 6.38. The molecule has 1 aliphatic carbocycles. The molecule has 2 fully saturated rings. The van der Waals surface area contributed by atoms with Crippen LogP contribution in [0.2, 0.25) is 0 Å². The van der Waals surface area contributed by atoms with Gasteiger partial charge in [-0.05, 0) is 25.2 Å². The second-order valence-corrected chi connectivity index (χ2v) is 8.87. The summed E-state index contributed by atoms with van der Waals surface area (Å²) in [4.78, 5) is 0. The Morgan fingerprint density at radius 3 is 2.53 bits per heavy atom. The Balaban J connectivity index is 1.94. The Morgan fingerprint density at radius 2 is 2.05 bits per heavy atom. The van der Waals surface area contributed by atoms with Crippen LogP contribution in [0.15, 0.2) is 0 Å². The first-order valence-electron chi connectivity index (χ1n) is 6.76. The Labute approximate surface area is 114 Å². The highest BCUT2D eigenvalue weighted by Gasteiger charge is 2.49. The minimum absolute atomic E-state index is 0.0840. The molecule has 2 unspecified atom stereocenters. The fraction of sp³-hybridized carbons (Fsp3) is 0.769. The van der Waals surface area contributed by atoms with E-state index in [0.29, 0.717) is 23.6 Å². The van der Waals surface area contributed by atoms with Gasteiger partial charge in [0.05, 0.1) is 23.2 Å². The van der Waals surface area contributed by atoms with Gasteiger partial charge in [0.2, 0.25) is 0 Å². The zero-order valence-corrected chi connectivity index (χ0v) is 12.5. The monoisotopic (exact) mass is 283 g/mol. The van der Waals surface area contributed by atoms with Gasteiger partial charge in [0, 0.05) is 11.5 Å². The van der Waals surface area contributed by atoms with Crippen molar-refractivity contribution in [3.8, 4) is 0 Å². The lowest BCUT2D eigenvalue weighted by atomic mass is 10.1. The molecule has 0 amide bonds. The number of nitrogens with two attached hydrogens (primary N) is 1. The van der Waals surface area contributed by atoms with Crippen LogP contribution in [0.25, 0.3) is 0 Å². The molecule has 1 aromatic rings. The van der Waals surface area contributed by atoms with Crippen molar-refractivity contribution in [3.05, 3.63) is 11.3 Å². The molecule has 1 aromatic heterocycles. The van der Waals surface area contributed by atoms with Crippen molar-refractivity contribution in [2.24, 2.45) is 5.41 Å². The fourth-order valence-corrected chi connectivity index (χ4v) is 4.75. The summed E-state index contributed by atoms with van der Waals surface area (Å²) < 4.78 is 24.9. The van der Waals surface area contributed by atoms with Gasteiger partial charge in [0.1, 0.15) is 5.82 Å². The van der Waals surface area contributed by atoms with Crippen LogP contribution >= 0.6 is 0 Å². The van der Waals surface area contributed by atoms with Crippen LogP contribution in [0.1, 0.15) is 49.9 Å². The average molecular weight is 283 g/mol. The highest BCUT2D eigenvalue weighted by atomic mass is 32.2. The van der Waals surface area contributed by atoms with Crippen molar-refractivity contribution in [2.75, 3.05) is 17.2 Å². The van der Waals surface area contributed by atoms with Gasteiger partial charge in [-0.15, -0.1) is 0 Å². The first-order chi connectivity index (χ1) is 8.71. The van der Waals surface area contributed by atoms with Gasteiger partial charge in [0.25, 0.3) is 0 Å². The molecule has 6 heteroatoms. The summed E-state index contributed by atoms with van der Waals surface area (Å²) in [5.41, 5.74) is 8.52. The number of aromatic nitrogens is 2. The van der Waals surface area contributed by atoms with E-state index in [1.54, 1.807) is 4.68 Å². The van der Waals surface area contributed by atoms with Crippen LogP contribution in [0.5, 0.6) is 0 Å². The van der Waals surface area contributed by atoms with Gasteiger partial charge in [0.15, 0.2) is 9.84 Å². The molecule has 0 aromatic carbocycles. The Bertz CT molecular complexity index is 631. The summed E-state index contributed by atoms with van der Waals surface area (Å²) in [6, 6.07) is -0.0840. The van der Waals surface area contributed by atoms with E-state index in [1.165, 1.54) is 0 Å². The van der Waals surface area contributed by atoms with E-state index < -0.39 is 9.84 Å². The number of nitrogen functional groups attached to an aromatic ring is 1. The van der Waals surface area contributed by atoms with Crippen molar-refractivity contribution in [3.63, 3.8) is 0 Å². The van der Waals surface area contributed by atoms with Gasteiger partial charge in [-0.1, -0.05) is 13.8 Å². The minimum Gasteiger partial charge on any atom is -0.384 e. The van der Waals surface area contributed by atoms with E-state index in [9.17, 15) is 8.42 Å². The summed E-state index contributed by atoms with van der Waals surface area (Å²) >= 11 is 0. The first kappa shape index (κ1) is 13.0. The summed E-state index contributed by atoms with van der Waals surface area (Å²) in [6.07, 6.45) is 1.76. The maximum atomic E-state index is 11.6. The molecule has 1 saturated heterocycles. The molecule has 5 nitrogen and oxygen atoms in total. The molecular formula is C13H21N3O2S. The van der Waals surface area contributed by atoms with E-state index in [4.69, 9.17) is 5.73 Å². The van der Waals surface area contributed by atoms with E-state index in [0.717, 1.165) is 17.7 Å². The smallest absolute Gasteiger partial charge is 0.152 e. The van der Waals surface area contributed by atoms with Gasteiger partial charge >= 0.3 is 0 Å². The lowest BCUT2D eigenvalue weighted by Crippen LogP contribution is -2.15. The number of hydrogen-bond acceptors (Lipinski definition) is 4. The lowest BCUT2D eigenvalue weighted by Gasteiger charge is -2.10. The van der Waals surface area contributed by atoms with Crippen LogP contribution in [-0.2, 0) is 9.84 Å². The fourth-order valence-electron chi connectivity index (χ4n) is 3.06. The topological polar surface area (TPSA) is 78.0 Å². The van der Waals surface area contributed by atoms with E-state index in [2.05, 4.69) is 18.9 Å².